The van der Waals surface area contributed by atoms with Crippen molar-refractivity contribution >= 4 is 11.0 Å². The molecule has 1 aliphatic rings. The van der Waals surface area contributed by atoms with Gasteiger partial charge >= 0.3 is 0 Å². The van der Waals surface area contributed by atoms with Crippen LogP contribution in [0.25, 0.3) is 22.3 Å². The second-order valence-corrected chi connectivity index (χ2v) is 7.44. The van der Waals surface area contributed by atoms with Crippen molar-refractivity contribution in [2.75, 3.05) is 6.61 Å². The number of aromatic hydroxyl groups is 4. The summed E-state index contributed by atoms with van der Waals surface area (Å²) in [5, 5.41) is 79.0. The van der Waals surface area contributed by atoms with E-state index in [4.69, 9.17) is 13.9 Å². The Balaban J connectivity index is 1.78. The molecule has 1 saturated heterocycles. The average molecular weight is 464 g/mol. The number of rotatable bonds is 4. The van der Waals surface area contributed by atoms with E-state index in [1.165, 1.54) is 6.07 Å². The van der Waals surface area contributed by atoms with Gasteiger partial charge in [0.25, 0.3) is 0 Å². The maximum absolute atomic E-state index is 12.6. The van der Waals surface area contributed by atoms with E-state index < -0.39 is 77.1 Å². The Labute approximate surface area is 184 Å². The Morgan fingerprint density at radius 1 is 0.879 bits per heavy atom. The number of fused-ring (bicyclic) bond motifs is 1. The van der Waals surface area contributed by atoms with Gasteiger partial charge in [0.05, 0.1) is 6.61 Å². The van der Waals surface area contributed by atoms with Crippen molar-refractivity contribution in [3.8, 4) is 40.1 Å². The van der Waals surface area contributed by atoms with Crippen LogP contribution in [-0.4, -0.2) is 78.2 Å². The fraction of sp³-hybridized carbons (Fsp3) is 0.286. The molecular formula is C21H20O12. The van der Waals surface area contributed by atoms with Gasteiger partial charge in [-0.1, -0.05) is 0 Å². The molecule has 4 rings (SSSR count). The lowest BCUT2D eigenvalue weighted by molar-refractivity contribution is -0.277. The van der Waals surface area contributed by atoms with Crippen LogP contribution in [-0.2, 0) is 4.74 Å². The Morgan fingerprint density at radius 3 is 2.27 bits per heavy atom. The van der Waals surface area contributed by atoms with Crippen molar-refractivity contribution < 1.29 is 54.7 Å². The third-order valence-electron chi connectivity index (χ3n) is 5.27. The smallest absolute Gasteiger partial charge is 0.229 e. The molecule has 1 aliphatic heterocycles. The highest BCUT2D eigenvalue weighted by Crippen LogP contribution is 2.42. The van der Waals surface area contributed by atoms with E-state index in [9.17, 15) is 45.6 Å². The Morgan fingerprint density at radius 2 is 1.61 bits per heavy atom. The van der Waals surface area contributed by atoms with Crippen molar-refractivity contribution in [1.29, 1.82) is 0 Å². The summed E-state index contributed by atoms with van der Waals surface area (Å²) in [4.78, 5) is 12.6. The lowest BCUT2D eigenvalue weighted by Gasteiger charge is -2.39. The molecule has 0 aliphatic carbocycles. The van der Waals surface area contributed by atoms with Crippen LogP contribution in [0, 0.1) is 0 Å². The van der Waals surface area contributed by atoms with E-state index in [2.05, 4.69) is 0 Å². The van der Waals surface area contributed by atoms with E-state index in [0.717, 1.165) is 24.3 Å². The molecule has 0 bridgehead atoms. The zero-order valence-electron chi connectivity index (χ0n) is 16.7. The van der Waals surface area contributed by atoms with Crippen LogP contribution < -0.4 is 10.2 Å². The standard InChI is InChI=1S/C21H20O12/c22-6-14-16(27)18(29)19(30)21(33-14)32-13-5-11(26)15-10(25)4-12(31-20(15)17(13)28)7-1-2-8(23)9(24)3-7/h1-5,14,16,18-19,21-24,26-30H,6H2/t14-,16-,18+,19-,21-/m1/s1. The van der Waals surface area contributed by atoms with Crippen molar-refractivity contribution in [3.63, 3.8) is 0 Å². The third kappa shape index (κ3) is 3.90. The van der Waals surface area contributed by atoms with E-state index in [0.29, 0.717) is 0 Å². The zero-order chi connectivity index (χ0) is 24.0. The number of hydrogen-bond donors (Lipinski definition) is 8. The molecule has 0 spiro atoms. The van der Waals surface area contributed by atoms with Crippen LogP contribution in [0.15, 0.2) is 39.5 Å². The highest BCUT2D eigenvalue weighted by atomic mass is 16.7. The first-order valence-electron chi connectivity index (χ1n) is 9.64. The Bertz CT molecular complexity index is 1250. The lowest BCUT2D eigenvalue weighted by Crippen LogP contribution is -2.60. The number of aliphatic hydroxyl groups excluding tert-OH is 4. The summed E-state index contributed by atoms with van der Waals surface area (Å²) in [7, 11) is 0. The van der Waals surface area contributed by atoms with Gasteiger partial charge in [-0.25, -0.2) is 0 Å². The van der Waals surface area contributed by atoms with Crippen molar-refractivity contribution in [2.24, 2.45) is 0 Å². The molecule has 176 valence electrons. The second-order valence-electron chi connectivity index (χ2n) is 7.44. The van der Waals surface area contributed by atoms with Gasteiger partial charge in [0.15, 0.2) is 28.3 Å². The van der Waals surface area contributed by atoms with Crippen molar-refractivity contribution in [2.45, 2.75) is 30.7 Å². The summed E-state index contributed by atoms with van der Waals surface area (Å²) in [6.07, 6.45) is -8.13. The molecule has 2 heterocycles. The summed E-state index contributed by atoms with van der Waals surface area (Å²) >= 11 is 0. The predicted molar refractivity (Wildman–Crippen MR) is 109 cm³/mol. The van der Waals surface area contributed by atoms with E-state index in [-0.39, 0.29) is 16.7 Å². The zero-order valence-corrected chi connectivity index (χ0v) is 16.7. The largest absolute Gasteiger partial charge is 0.507 e. The molecule has 2 aromatic carbocycles. The fourth-order valence-electron chi connectivity index (χ4n) is 3.48. The fourth-order valence-corrected chi connectivity index (χ4v) is 3.48. The summed E-state index contributed by atoms with van der Waals surface area (Å²) < 4.78 is 16.1. The van der Waals surface area contributed by atoms with E-state index >= 15 is 0 Å². The minimum Gasteiger partial charge on any atom is -0.507 e. The predicted octanol–water partition coefficient (Wildman–Crippen LogP) is -0.539. The number of hydrogen-bond acceptors (Lipinski definition) is 12. The third-order valence-corrected chi connectivity index (χ3v) is 5.27. The summed E-state index contributed by atoms with van der Waals surface area (Å²) in [5.74, 6) is -2.92. The summed E-state index contributed by atoms with van der Waals surface area (Å²) in [6, 6.07) is 5.48. The van der Waals surface area contributed by atoms with Crippen LogP contribution in [0.5, 0.6) is 28.7 Å². The molecule has 0 unspecified atom stereocenters. The van der Waals surface area contributed by atoms with Gasteiger partial charge in [0.1, 0.15) is 41.3 Å². The normalized spacial score (nSPS) is 25.3. The molecule has 1 aromatic heterocycles. The molecule has 0 saturated carbocycles. The average Bonchev–Trinajstić information content (AvgIpc) is 2.78. The van der Waals surface area contributed by atoms with Crippen LogP contribution in [0.4, 0.5) is 0 Å². The van der Waals surface area contributed by atoms with E-state index in [1.54, 1.807) is 0 Å². The number of ether oxygens (including phenoxy) is 2. The minimum atomic E-state index is -1.79. The number of benzene rings is 2. The molecule has 5 atom stereocenters. The van der Waals surface area contributed by atoms with Crippen LogP contribution in [0.3, 0.4) is 0 Å². The molecule has 3 aromatic rings. The molecule has 1 fully saturated rings. The van der Waals surface area contributed by atoms with Crippen LogP contribution in [0.1, 0.15) is 0 Å². The van der Waals surface area contributed by atoms with Gasteiger partial charge in [0, 0.05) is 17.7 Å². The molecule has 12 heteroatoms. The lowest BCUT2D eigenvalue weighted by atomic mass is 9.99. The molecule has 8 N–H and O–H groups in total. The molecule has 12 nitrogen and oxygen atoms in total. The van der Waals surface area contributed by atoms with E-state index in [1.807, 2.05) is 0 Å². The Kier molecular flexibility index (Phi) is 5.78. The van der Waals surface area contributed by atoms with Gasteiger partial charge in [-0.2, -0.15) is 0 Å². The molecule has 0 amide bonds. The maximum atomic E-state index is 12.6. The number of phenols is 4. The first kappa shape index (κ1) is 22.6. The van der Waals surface area contributed by atoms with Gasteiger partial charge in [0.2, 0.25) is 12.0 Å². The second kappa shape index (κ2) is 8.42. The van der Waals surface area contributed by atoms with Gasteiger partial charge in [-0.15, -0.1) is 0 Å². The van der Waals surface area contributed by atoms with Crippen LogP contribution in [0.2, 0.25) is 0 Å². The van der Waals surface area contributed by atoms with Gasteiger partial charge < -0.3 is 54.7 Å². The Hall–Kier alpha value is -3.55. The van der Waals surface area contributed by atoms with Crippen molar-refractivity contribution in [1.82, 2.24) is 0 Å². The highest BCUT2D eigenvalue weighted by molar-refractivity contribution is 5.91. The monoisotopic (exact) mass is 464 g/mol. The number of phenolic OH excluding ortho intramolecular Hbond substituents is 4. The molecule has 0 radical (unpaired) electrons. The summed E-state index contributed by atoms with van der Waals surface area (Å²) in [6.45, 7) is -0.711. The first-order chi connectivity index (χ1) is 15.6. The molecular weight excluding hydrogens is 444 g/mol. The maximum Gasteiger partial charge on any atom is 0.229 e. The molecule has 33 heavy (non-hydrogen) atoms. The first-order valence-corrected chi connectivity index (χ1v) is 9.64. The topological polar surface area (TPSA) is 211 Å². The quantitative estimate of drug-likeness (QED) is 0.181. The highest BCUT2D eigenvalue weighted by Gasteiger charge is 2.45. The van der Waals surface area contributed by atoms with Gasteiger partial charge in [-0.3, -0.25) is 4.79 Å². The van der Waals surface area contributed by atoms with Crippen molar-refractivity contribution in [3.05, 3.63) is 40.6 Å². The van der Waals surface area contributed by atoms with Gasteiger partial charge in [-0.05, 0) is 18.2 Å². The SMILES string of the molecule is O=c1cc(-c2ccc(O)c(O)c2)oc2c(O)c(O[C@@H]3O[C@H](CO)[C@@H](O)[C@H](O)[C@H]3O)cc(O)c12. The number of aliphatic hydroxyl groups is 4. The van der Waals surface area contributed by atoms with Crippen LogP contribution >= 0.6 is 0 Å². The summed E-state index contributed by atoms with van der Waals surface area (Å²) in [5.41, 5.74) is -1.07. The minimum absolute atomic E-state index is 0.123.